The van der Waals surface area contributed by atoms with Gasteiger partial charge in [0, 0.05) is 0 Å². The summed E-state index contributed by atoms with van der Waals surface area (Å²) in [5.74, 6) is 0. The lowest BCUT2D eigenvalue weighted by Gasteiger charge is -2.27. The van der Waals surface area contributed by atoms with Gasteiger partial charge in [-0.2, -0.15) is 5.26 Å². The lowest BCUT2D eigenvalue weighted by atomic mass is 10.1. The van der Waals surface area contributed by atoms with Crippen LogP contribution in [0.3, 0.4) is 0 Å². The molecule has 1 aromatic carbocycles. The van der Waals surface area contributed by atoms with E-state index < -0.39 is 13.9 Å². The molecule has 0 spiro atoms. The SMILES string of the molecule is CC(C#N)(/C=C/c1ccccc1)O[Si](C)(C)C. The maximum atomic E-state index is 9.22. The van der Waals surface area contributed by atoms with Gasteiger partial charge in [0.2, 0.25) is 0 Å². The molecular weight excluding hydrogens is 226 g/mol. The van der Waals surface area contributed by atoms with Crippen molar-refractivity contribution in [1.29, 1.82) is 5.26 Å². The first-order chi connectivity index (χ1) is 7.85. The molecule has 1 rings (SSSR count). The van der Waals surface area contributed by atoms with Crippen LogP contribution in [-0.4, -0.2) is 13.9 Å². The van der Waals surface area contributed by atoms with Gasteiger partial charge in [-0.05, 0) is 38.2 Å². The van der Waals surface area contributed by atoms with Crippen LogP contribution in [0.4, 0.5) is 0 Å². The largest absolute Gasteiger partial charge is 0.397 e. The van der Waals surface area contributed by atoms with Crippen molar-refractivity contribution in [3.8, 4) is 6.07 Å². The standard InChI is InChI=1S/C14H19NOSi/c1-14(12-15,16-17(2,3)4)11-10-13-8-6-5-7-9-13/h5-11H,1-4H3/b11-10+. The van der Waals surface area contributed by atoms with Crippen LogP contribution in [-0.2, 0) is 4.43 Å². The van der Waals surface area contributed by atoms with Crippen molar-refractivity contribution in [3.05, 3.63) is 42.0 Å². The Balaban J connectivity index is 2.84. The second-order valence-corrected chi connectivity index (χ2v) is 9.61. The molecule has 0 aromatic heterocycles. The summed E-state index contributed by atoms with van der Waals surface area (Å²) in [6.45, 7) is 8.06. The van der Waals surface area contributed by atoms with Gasteiger partial charge in [0.1, 0.15) is 6.07 Å². The van der Waals surface area contributed by atoms with Gasteiger partial charge in [-0.3, -0.25) is 0 Å². The van der Waals surface area contributed by atoms with E-state index in [0.717, 1.165) is 5.56 Å². The van der Waals surface area contributed by atoms with Gasteiger partial charge < -0.3 is 4.43 Å². The number of nitriles is 1. The molecule has 0 heterocycles. The molecule has 1 aromatic rings. The fourth-order valence-electron chi connectivity index (χ4n) is 1.55. The highest BCUT2D eigenvalue weighted by atomic mass is 28.4. The molecule has 0 fully saturated rings. The van der Waals surface area contributed by atoms with E-state index >= 15 is 0 Å². The molecule has 1 atom stereocenters. The monoisotopic (exact) mass is 245 g/mol. The van der Waals surface area contributed by atoms with Crippen LogP contribution in [0.15, 0.2) is 36.4 Å². The lowest BCUT2D eigenvalue weighted by Crippen LogP contribution is -2.38. The van der Waals surface area contributed by atoms with Crippen molar-refractivity contribution in [3.63, 3.8) is 0 Å². The molecule has 2 nitrogen and oxygen atoms in total. The molecular formula is C14H19NOSi. The van der Waals surface area contributed by atoms with Crippen molar-refractivity contribution in [2.75, 3.05) is 0 Å². The topological polar surface area (TPSA) is 33.0 Å². The van der Waals surface area contributed by atoms with Gasteiger partial charge >= 0.3 is 0 Å². The summed E-state index contributed by atoms with van der Waals surface area (Å²) in [4.78, 5) is 0. The number of benzene rings is 1. The first-order valence-corrected chi connectivity index (χ1v) is 9.11. The summed E-state index contributed by atoms with van der Waals surface area (Å²) in [6.07, 6.45) is 3.77. The van der Waals surface area contributed by atoms with Crippen LogP contribution in [0.1, 0.15) is 12.5 Å². The molecule has 3 heteroatoms. The van der Waals surface area contributed by atoms with Crippen LogP contribution in [0.2, 0.25) is 19.6 Å². The zero-order chi connectivity index (χ0) is 12.9. The van der Waals surface area contributed by atoms with E-state index in [1.54, 1.807) is 0 Å². The van der Waals surface area contributed by atoms with Crippen molar-refractivity contribution < 1.29 is 4.43 Å². The minimum atomic E-state index is -1.73. The van der Waals surface area contributed by atoms with E-state index in [0.29, 0.717) is 0 Å². The van der Waals surface area contributed by atoms with Gasteiger partial charge in [-0.25, -0.2) is 0 Å². The minimum Gasteiger partial charge on any atom is -0.397 e. The fourth-order valence-corrected chi connectivity index (χ4v) is 2.94. The van der Waals surface area contributed by atoms with Crippen molar-refractivity contribution >= 4 is 14.4 Å². The third kappa shape index (κ3) is 4.99. The molecule has 1 unspecified atom stereocenters. The predicted octanol–water partition coefficient (Wildman–Crippen LogP) is 3.83. The van der Waals surface area contributed by atoms with Crippen molar-refractivity contribution in [2.45, 2.75) is 32.2 Å². The average Bonchev–Trinajstić information content (AvgIpc) is 2.26. The van der Waals surface area contributed by atoms with E-state index in [9.17, 15) is 5.26 Å². The Labute approximate surface area is 105 Å². The first-order valence-electron chi connectivity index (χ1n) is 5.70. The summed E-state index contributed by atoms with van der Waals surface area (Å²) in [5.41, 5.74) is 0.244. The highest BCUT2D eigenvalue weighted by Crippen LogP contribution is 2.19. The number of nitrogens with zero attached hydrogens (tertiary/aromatic N) is 1. The predicted molar refractivity (Wildman–Crippen MR) is 73.9 cm³/mol. The molecule has 17 heavy (non-hydrogen) atoms. The zero-order valence-electron chi connectivity index (χ0n) is 10.9. The Morgan fingerprint density at radius 3 is 2.29 bits per heavy atom. The van der Waals surface area contributed by atoms with E-state index in [1.165, 1.54) is 0 Å². The van der Waals surface area contributed by atoms with Crippen LogP contribution in [0, 0.1) is 11.3 Å². The molecule has 0 amide bonds. The van der Waals surface area contributed by atoms with Gasteiger partial charge in [0.25, 0.3) is 0 Å². The van der Waals surface area contributed by atoms with E-state index in [1.807, 2.05) is 49.4 Å². The smallest absolute Gasteiger partial charge is 0.186 e. The van der Waals surface area contributed by atoms with Crippen LogP contribution < -0.4 is 0 Å². The Morgan fingerprint density at radius 1 is 1.24 bits per heavy atom. The third-order valence-electron chi connectivity index (χ3n) is 2.13. The Bertz CT molecular complexity index is 428. The van der Waals surface area contributed by atoms with E-state index in [-0.39, 0.29) is 0 Å². The van der Waals surface area contributed by atoms with Gasteiger partial charge in [0.05, 0.1) is 0 Å². The number of hydrogen-bond acceptors (Lipinski definition) is 2. The molecule has 0 bridgehead atoms. The molecule has 0 aliphatic heterocycles. The van der Waals surface area contributed by atoms with Gasteiger partial charge in [0.15, 0.2) is 13.9 Å². The summed E-state index contributed by atoms with van der Waals surface area (Å²) >= 11 is 0. The molecule has 0 radical (unpaired) electrons. The molecule has 0 saturated carbocycles. The number of rotatable bonds is 4. The molecule has 0 aliphatic rings. The molecule has 0 aliphatic carbocycles. The Hall–Kier alpha value is -1.37. The normalized spacial score (nSPS) is 15.5. The molecule has 0 N–H and O–H groups in total. The summed E-state index contributed by atoms with van der Waals surface area (Å²) in [6, 6.07) is 12.2. The second-order valence-electron chi connectivity index (χ2n) is 5.18. The minimum absolute atomic E-state index is 0.833. The van der Waals surface area contributed by atoms with E-state index in [4.69, 9.17) is 4.43 Å². The molecule has 90 valence electrons. The number of hydrogen-bond donors (Lipinski definition) is 0. The quantitative estimate of drug-likeness (QED) is 0.755. The zero-order valence-corrected chi connectivity index (χ0v) is 11.9. The highest BCUT2D eigenvalue weighted by molar-refractivity contribution is 6.69. The highest BCUT2D eigenvalue weighted by Gasteiger charge is 2.28. The van der Waals surface area contributed by atoms with Crippen molar-refractivity contribution in [2.24, 2.45) is 0 Å². The average molecular weight is 245 g/mol. The second kappa shape index (κ2) is 5.31. The van der Waals surface area contributed by atoms with Gasteiger partial charge in [-0.15, -0.1) is 0 Å². The van der Waals surface area contributed by atoms with Gasteiger partial charge in [-0.1, -0.05) is 36.4 Å². The van der Waals surface area contributed by atoms with Crippen LogP contribution in [0.25, 0.3) is 6.08 Å². The Kier molecular flexibility index (Phi) is 4.27. The fraction of sp³-hybridized carbons (Fsp3) is 0.357. The third-order valence-corrected chi connectivity index (χ3v) is 3.17. The maximum Gasteiger partial charge on any atom is 0.186 e. The maximum absolute atomic E-state index is 9.22. The van der Waals surface area contributed by atoms with E-state index in [2.05, 4.69) is 25.7 Å². The Morgan fingerprint density at radius 2 is 1.82 bits per heavy atom. The summed E-state index contributed by atoms with van der Waals surface area (Å²) < 4.78 is 5.89. The van der Waals surface area contributed by atoms with Crippen LogP contribution in [0.5, 0.6) is 0 Å². The summed E-state index contributed by atoms with van der Waals surface area (Å²) in [5, 5.41) is 9.22. The van der Waals surface area contributed by atoms with Crippen LogP contribution >= 0.6 is 0 Å². The molecule has 0 saturated heterocycles. The lowest BCUT2D eigenvalue weighted by molar-refractivity contribution is 0.193. The van der Waals surface area contributed by atoms with Crippen molar-refractivity contribution in [1.82, 2.24) is 0 Å². The summed E-state index contributed by atoms with van der Waals surface area (Å²) in [7, 11) is -1.73. The first kappa shape index (κ1) is 13.7.